The average molecular weight is 491 g/mol. The van der Waals surface area contributed by atoms with Gasteiger partial charge in [-0.05, 0) is 42.8 Å². The van der Waals surface area contributed by atoms with Crippen molar-refractivity contribution in [2.24, 2.45) is 5.14 Å². The number of nitrogens with two attached hydrogens (primary N) is 1. The van der Waals surface area contributed by atoms with Crippen LogP contribution >= 0.6 is 0 Å². The second-order valence-electron chi connectivity index (χ2n) is 7.07. The molecule has 0 spiro atoms. The molecule has 11 heteroatoms. The minimum atomic E-state index is -4.53. The SMILES string of the molecule is COc1cc(C(=O)NS(=O)(=O)c2ccccc2S(N)(=O)=O)ccc1OCc1ccc(C)cc1. The van der Waals surface area contributed by atoms with Crippen LogP contribution in [-0.4, -0.2) is 29.9 Å². The summed E-state index contributed by atoms with van der Waals surface area (Å²) in [6, 6.07) is 16.6. The van der Waals surface area contributed by atoms with Gasteiger partial charge in [0.2, 0.25) is 10.0 Å². The number of hydrogen-bond acceptors (Lipinski definition) is 7. The lowest BCUT2D eigenvalue weighted by Crippen LogP contribution is -2.32. The highest BCUT2D eigenvalue weighted by molar-refractivity contribution is 7.92. The number of aryl methyl sites for hydroxylation is 1. The molecular weight excluding hydrogens is 468 g/mol. The molecule has 0 aromatic heterocycles. The lowest BCUT2D eigenvalue weighted by molar-refractivity contribution is 0.0981. The van der Waals surface area contributed by atoms with Crippen LogP contribution in [0.25, 0.3) is 0 Å². The predicted molar refractivity (Wildman–Crippen MR) is 121 cm³/mol. The standard InChI is InChI=1S/C22H22N2O7S2/c1-15-7-9-16(10-8-15)14-31-18-12-11-17(13-19(18)30-2)22(25)24-33(28,29)21-6-4-3-5-20(21)32(23,26)27/h3-13H,14H2,1-2H3,(H,24,25)(H2,23,26,27). The Labute approximate surface area is 192 Å². The lowest BCUT2D eigenvalue weighted by atomic mass is 10.1. The van der Waals surface area contributed by atoms with Crippen molar-refractivity contribution in [1.29, 1.82) is 0 Å². The van der Waals surface area contributed by atoms with Crippen molar-refractivity contribution in [2.75, 3.05) is 7.11 Å². The zero-order chi connectivity index (χ0) is 24.2. The van der Waals surface area contributed by atoms with Gasteiger partial charge < -0.3 is 9.47 Å². The summed E-state index contributed by atoms with van der Waals surface area (Å²) >= 11 is 0. The molecule has 0 heterocycles. The maximum absolute atomic E-state index is 12.7. The first kappa shape index (κ1) is 24.2. The molecular formula is C22H22N2O7S2. The van der Waals surface area contributed by atoms with Gasteiger partial charge in [0, 0.05) is 5.56 Å². The molecule has 0 unspecified atom stereocenters. The van der Waals surface area contributed by atoms with E-state index < -0.39 is 35.7 Å². The first-order chi connectivity index (χ1) is 15.5. The van der Waals surface area contributed by atoms with Crippen molar-refractivity contribution in [3.8, 4) is 11.5 Å². The quantitative estimate of drug-likeness (QED) is 0.493. The van der Waals surface area contributed by atoms with Crippen LogP contribution in [0.15, 0.2) is 76.5 Å². The Morgan fingerprint density at radius 3 is 2.15 bits per heavy atom. The molecule has 0 aliphatic rings. The van der Waals surface area contributed by atoms with E-state index in [4.69, 9.17) is 14.6 Å². The number of methoxy groups -OCH3 is 1. The maximum atomic E-state index is 12.7. The van der Waals surface area contributed by atoms with Crippen molar-refractivity contribution in [3.05, 3.63) is 83.4 Å². The van der Waals surface area contributed by atoms with Crippen LogP contribution in [0.5, 0.6) is 11.5 Å². The van der Waals surface area contributed by atoms with Gasteiger partial charge in [-0.15, -0.1) is 0 Å². The number of nitrogens with one attached hydrogen (secondary N) is 1. The number of sulfonamides is 2. The third-order valence-electron chi connectivity index (χ3n) is 4.61. The first-order valence-electron chi connectivity index (χ1n) is 9.56. The summed E-state index contributed by atoms with van der Waals surface area (Å²) in [5.41, 5.74) is 2.02. The molecule has 0 aliphatic carbocycles. The van der Waals surface area contributed by atoms with Crippen LogP contribution in [0, 0.1) is 6.92 Å². The van der Waals surface area contributed by atoms with Gasteiger partial charge in [0.15, 0.2) is 11.5 Å². The van der Waals surface area contributed by atoms with E-state index in [1.54, 1.807) is 0 Å². The fraction of sp³-hybridized carbons (Fsp3) is 0.136. The van der Waals surface area contributed by atoms with Crippen molar-refractivity contribution >= 4 is 26.0 Å². The van der Waals surface area contributed by atoms with Gasteiger partial charge in [0.1, 0.15) is 16.4 Å². The average Bonchev–Trinajstić information content (AvgIpc) is 2.77. The van der Waals surface area contributed by atoms with Crippen LogP contribution in [0.2, 0.25) is 0 Å². The highest BCUT2D eigenvalue weighted by Crippen LogP contribution is 2.29. The van der Waals surface area contributed by atoms with Gasteiger partial charge in [0.25, 0.3) is 15.9 Å². The monoisotopic (exact) mass is 490 g/mol. The molecule has 0 atom stereocenters. The molecule has 1 amide bonds. The fourth-order valence-corrected chi connectivity index (χ4v) is 5.27. The molecule has 3 aromatic rings. The predicted octanol–water partition coefficient (Wildman–Crippen LogP) is 2.35. The number of hydrogen-bond donors (Lipinski definition) is 2. The van der Waals surface area contributed by atoms with Crippen molar-refractivity contribution in [3.63, 3.8) is 0 Å². The van der Waals surface area contributed by atoms with Gasteiger partial charge in [-0.1, -0.05) is 42.0 Å². The van der Waals surface area contributed by atoms with Gasteiger partial charge in [0.05, 0.1) is 7.11 Å². The van der Waals surface area contributed by atoms with E-state index in [0.29, 0.717) is 5.75 Å². The topological polar surface area (TPSA) is 142 Å². The van der Waals surface area contributed by atoms with Crippen LogP contribution in [-0.2, 0) is 26.7 Å². The van der Waals surface area contributed by atoms with Crippen LogP contribution in [0.4, 0.5) is 0 Å². The fourth-order valence-electron chi connectivity index (χ4n) is 2.92. The molecule has 3 rings (SSSR count). The molecule has 0 fully saturated rings. The van der Waals surface area contributed by atoms with E-state index in [9.17, 15) is 21.6 Å². The second-order valence-corrected chi connectivity index (χ2v) is 10.2. The Morgan fingerprint density at radius 2 is 1.55 bits per heavy atom. The number of ether oxygens (including phenoxy) is 2. The Bertz CT molecular complexity index is 1380. The highest BCUT2D eigenvalue weighted by atomic mass is 32.2. The molecule has 0 radical (unpaired) electrons. The van der Waals surface area contributed by atoms with E-state index in [2.05, 4.69) is 0 Å². The number of primary sulfonamides is 1. The van der Waals surface area contributed by atoms with E-state index >= 15 is 0 Å². The normalized spacial score (nSPS) is 11.6. The molecule has 33 heavy (non-hydrogen) atoms. The Hall–Kier alpha value is -3.41. The Morgan fingerprint density at radius 1 is 0.909 bits per heavy atom. The van der Waals surface area contributed by atoms with Crippen molar-refractivity contribution in [1.82, 2.24) is 4.72 Å². The molecule has 9 nitrogen and oxygen atoms in total. The Balaban J connectivity index is 1.81. The van der Waals surface area contributed by atoms with Gasteiger partial charge in [-0.2, -0.15) is 0 Å². The van der Waals surface area contributed by atoms with Crippen LogP contribution in [0.3, 0.4) is 0 Å². The van der Waals surface area contributed by atoms with Gasteiger partial charge in [-0.25, -0.2) is 26.7 Å². The second kappa shape index (κ2) is 9.61. The lowest BCUT2D eigenvalue weighted by Gasteiger charge is -2.13. The largest absolute Gasteiger partial charge is 0.493 e. The van der Waals surface area contributed by atoms with E-state index in [1.807, 2.05) is 35.9 Å². The molecule has 0 aliphatic heterocycles. The summed E-state index contributed by atoms with van der Waals surface area (Å²) in [5, 5.41) is 5.09. The number of carbonyl (C=O) groups is 1. The van der Waals surface area contributed by atoms with Gasteiger partial charge in [-0.3, -0.25) is 4.79 Å². The molecule has 3 N–H and O–H groups in total. The zero-order valence-corrected chi connectivity index (χ0v) is 19.4. The Kier molecular flexibility index (Phi) is 7.06. The molecule has 0 bridgehead atoms. The number of rotatable bonds is 8. The summed E-state index contributed by atoms with van der Waals surface area (Å²) in [4.78, 5) is 11.4. The first-order valence-corrected chi connectivity index (χ1v) is 12.6. The number of carbonyl (C=O) groups excluding carboxylic acids is 1. The summed E-state index contributed by atoms with van der Waals surface area (Å²) in [5.74, 6) is -0.406. The van der Waals surface area contributed by atoms with E-state index in [1.165, 1.54) is 37.4 Å². The number of benzene rings is 3. The third kappa shape index (κ3) is 5.89. The summed E-state index contributed by atoms with van der Waals surface area (Å²) in [6.07, 6.45) is 0. The molecule has 0 saturated heterocycles. The summed E-state index contributed by atoms with van der Waals surface area (Å²) in [6.45, 7) is 2.24. The highest BCUT2D eigenvalue weighted by Gasteiger charge is 2.26. The van der Waals surface area contributed by atoms with Crippen LogP contribution < -0.4 is 19.3 Å². The summed E-state index contributed by atoms with van der Waals surface area (Å²) < 4.78 is 61.7. The zero-order valence-electron chi connectivity index (χ0n) is 17.8. The maximum Gasteiger partial charge on any atom is 0.265 e. The smallest absolute Gasteiger partial charge is 0.265 e. The summed E-state index contributed by atoms with van der Waals surface area (Å²) in [7, 11) is -7.48. The minimum Gasteiger partial charge on any atom is -0.493 e. The van der Waals surface area contributed by atoms with E-state index in [0.717, 1.165) is 23.3 Å². The third-order valence-corrected chi connectivity index (χ3v) is 7.10. The molecule has 3 aromatic carbocycles. The van der Waals surface area contributed by atoms with Crippen molar-refractivity contribution < 1.29 is 31.1 Å². The number of amides is 1. The van der Waals surface area contributed by atoms with Crippen molar-refractivity contribution in [2.45, 2.75) is 23.3 Å². The molecule has 0 saturated carbocycles. The minimum absolute atomic E-state index is 0.0359. The molecule has 174 valence electrons. The van der Waals surface area contributed by atoms with Gasteiger partial charge >= 0.3 is 0 Å². The van der Waals surface area contributed by atoms with E-state index in [-0.39, 0.29) is 17.9 Å². The van der Waals surface area contributed by atoms with Crippen LogP contribution in [0.1, 0.15) is 21.5 Å².